The van der Waals surface area contributed by atoms with Gasteiger partial charge in [-0.25, -0.2) is 4.39 Å². The molecule has 0 bridgehead atoms. The topological polar surface area (TPSA) is 57.6 Å². The first-order valence-electron chi connectivity index (χ1n) is 14.7. The van der Waals surface area contributed by atoms with Crippen LogP contribution < -0.4 is 0 Å². The van der Waals surface area contributed by atoms with Gasteiger partial charge >= 0.3 is 0 Å². The van der Waals surface area contributed by atoms with E-state index in [0.717, 1.165) is 30.2 Å². The molecular weight excluding hydrogens is 557 g/mol. The van der Waals surface area contributed by atoms with Gasteiger partial charge in [0.2, 0.25) is 0 Å². The average Bonchev–Trinajstić information content (AvgIpc) is 3.18. The van der Waals surface area contributed by atoms with Crippen LogP contribution >= 0.6 is 15.9 Å². The van der Waals surface area contributed by atoms with Crippen LogP contribution in [0.3, 0.4) is 0 Å². The molecular formula is C33H43BrFNO3. The Morgan fingerprint density at radius 1 is 0.821 bits per heavy atom. The van der Waals surface area contributed by atoms with Crippen molar-refractivity contribution in [3.63, 3.8) is 0 Å². The lowest BCUT2D eigenvalue weighted by Crippen LogP contribution is -2.31. The standard InChI is InChI=1S/C33H43BrFNO3/c1-2-3-4-5-6-7-8-9-10-11-12-13-14-17-23-36-30(27-21-15-16-22-28(27)35)29(32(38)33(36)39)31(37)25-19-18-20-26(34)24-25/h15-16,18-22,24,30,37H,2-14,17,23H2,1H3/b31-29+. The van der Waals surface area contributed by atoms with Crippen molar-refractivity contribution < 1.29 is 19.1 Å². The molecule has 1 atom stereocenters. The molecule has 1 N–H and O–H groups in total. The Kier molecular flexibility index (Phi) is 13.2. The Hall–Kier alpha value is -2.47. The first-order chi connectivity index (χ1) is 19.0. The van der Waals surface area contributed by atoms with Gasteiger partial charge < -0.3 is 10.0 Å². The fourth-order valence-electron chi connectivity index (χ4n) is 5.40. The zero-order chi connectivity index (χ0) is 28.0. The quantitative estimate of drug-likeness (QED) is 0.0852. The van der Waals surface area contributed by atoms with E-state index in [4.69, 9.17) is 0 Å². The number of aliphatic hydroxyl groups is 1. The predicted molar refractivity (Wildman–Crippen MR) is 160 cm³/mol. The second-order valence-electron chi connectivity index (χ2n) is 10.6. The molecule has 1 aliphatic heterocycles. The van der Waals surface area contributed by atoms with Crippen molar-refractivity contribution >= 4 is 33.4 Å². The summed E-state index contributed by atoms with van der Waals surface area (Å²) in [5.41, 5.74) is 0.562. The van der Waals surface area contributed by atoms with Gasteiger partial charge in [-0.15, -0.1) is 0 Å². The van der Waals surface area contributed by atoms with Crippen molar-refractivity contribution in [1.82, 2.24) is 4.90 Å². The van der Waals surface area contributed by atoms with Crippen molar-refractivity contribution in [3.05, 3.63) is 75.5 Å². The van der Waals surface area contributed by atoms with Crippen molar-refractivity contribution in [3.8, 4) is 0 Å². The summed E-state index contributed by atoms with van der Waals surface area (Å²) in [5.74, 6) is -2.25. The fraction of sp³-hybridized carbons (Fsp3) is 0.515. The van der Waals surface area contributed by atoms with Crippen molar-refractivity contribution in [1.29, 1.82) is 0 Å². The Morgan fingerprint density at radius 2 is 1.38 bits per heavy atom. The minimum absolute atomic E-state index is 0.0615. The molecule has 3 rings (SSSR count). The minimum Gasteiger partial charge on any atom is -0.507 e. The number of unbranched alkanes of at least 4 members (excludes halogenated alkanes) is 13. The van der Waals surface area contributed by atoms with E-state index >= 15 is 0 Å². The molecule has 2 aromatic carbocycles. The van der Waals surface area contributed by atoms with E-state index in [2.05, 4.69) is 22.9 Å². The molecule has 1 fully saturated rings. The van der Waals surface area contributed by atoms with Crippen LogP contribution in [0.5, 0.6) is 0 Å². The van der Waals surface area contributed by atoms with Crippen molar-refractivity contribution in [2.75, 3.05) is 6.54 Å². The molecule has 0 aromatic heterocycles. The number of benzene rings is 2. The van der Waals surface area contributed by atoms with E-state index in [1.807, 2.05) is 0 Å². The summed E-state index contributed by atoms with van der Waals surface area (Å²) in [7, 11) is 0. The predicted octanol–water partition coefficient (Wildman–Crippen LogP) is 9.49. The number of hydrogen-bond donors (Lipinski definition) is 1. The highest BCUT2D eigenvalue weighted by Crippen LogP contribution is 2.40. The maximum absolute atomic E-state index is 14.9. The molecule has 1 unspecified atom stereocenters. The van der Waals surface area contributed by atoms with Gasteiger partial charge in [0.1, 0.15) is 11.6 Å². The molecule has 1 aliphatic rings. The molecule has 0 aliphatic carbocycles. The summed E-state index contributed by atoms with van der Waals surface area (Å²) in [6.45, 7) is 2.59. The van der Waals surface area contributed by atoms with Gasteiger partial charge in [-0.1, -0.05) is 137 Å². The average molecular weight is 601 g/mol. The summed E-state index contributed by atoms with van der Waals surface area (Å²) in [6, 6.07) is 12.1. The summed E-state index contributed by atoms with van der Waals surface area (Å²) in [6.07, 6.45) is 17.2. The molecule has 1 heterocycles. The number of hydrogen-bond acceptors (Lipinski definition) is 3. The Morgan fingerprint density at radius 3 is 1.95 bits per heavy atom. The number of carbonyl (C=O) groups excluding carboxylic acids is 2. The number of nitrogens with zero attached hydrogens (tertiary/aromatic N) is 1. The number of halogens is 2. The van der Waals surface area contributed by atoms with Gasteiger partial charge in [-0.2, -0.15) is 0 Å². The summed E-state index contributed by atoms with van der Waals surface area (Å²) in [4.78, 5) is 27.6. The lowest BCUT2D eigenvalue weighted by molar-refractivity contribution is -0.140. The smallest absolute Gasteiger partial charge is 0.295 e. The van der Waals surface area contributed by atoms with E-state index in [9.17, 15) is 19.1 Å². The van der Waals surface area contributed by atoms with Gasteiger partial charge in [0, 0.05) is 22.1 Å². The molecule has 1 saturated heterocycles. The lowest BCUT2D eigenvalue weighted by atomic mass is 9.95. The van der Waals surface area contributed by atoms with E-state index in [0.29, 0.717) is 12.1 Å². The highest BCUT2D eigenvalue weighted by Gasteiger charge is 2.46. The molecule has 2 aromatic rings. The molecule has 0 saturated carbocycles. The van der Waals surface area contributed by atoms with Crippen LogP contribution in [0, 0.1) is 5.82 Å². The highest BCUT2D eigenvalue weighted by molar-refractivity contribution is 9.10. The molecule has 0 spiro atoms. The third kappa shape index (κ3) is 9.02. The summed E-state index contributed by atoms with van der Waals surface area (Å²) in [5, 5.41) is 11.1. The summed E-state index contributed by atoms with van der Waals surface area (Å²) < 4.78 is 15.6. The third-order valence-corrected chi connectivity index (χ3v) is 8.08. The van der Waals surface area contributed by atoms with Gasteiger partial charge in [-0.3, -0.25) is 9.59 Å². The number of amides is 1. The van der Waals surface area contributed by atoms with E-state index < -0.39 is 23.5 Å². The van der Waals surface area contributed by atoms with Crippen LogP contribution in [0.25, 0.3) is 5.76 Å². The Bertz CT molecular complexity index is 1120. The molecule has 1 amide bonds. The van der Waals surface area contributed by atoms with Gasteiger partial charge in [-0.05, 0) is 24.6 Å². The minimum atomic E-state index is -0.952. The fourth-order valence-corrected chi connectivity index (χ4v) is 5.80. The van der Waals surface area contributed by atoms with Crippen LogP contribution in [0.1, 0.15) is 114 Å². The van der Waals surface area contributed by atoms with Crippen LogP contribution in [-0.2, 0) is 9.59 Å². The molecule has 0 radical (unpaired) electrons. The van der Waals surface area contributed by atoms with E-state index in [1.165, 1.54) is 75.2 Å². The highest BCUT2D eigenvalue weighted by atomic mass is 79.9. The zero-order valence-electron chi connectivity index (χ0n) is 23.3. The second kappa shape index (κ2) is 16.6. The summed E-state index contributed by atoms with van der Waals surface area (Å²) >= 11 is 3.38. The molecule has 4 nitrogen and oxygen atoms in total. The largest absolute Gasteiger partial charge is 0.507 e. The zero-order valence-corrected chi connectivity index (χ0v) is 24.9. The Balaban J connectivity index is 1.54. The number of carbonyl (C=O) groups is 2. The maximum atomic E-state index is 14.9. The number of likely N-dealkylation sites (tertiary alicyclic amines) is 1. The first kappa shape index (κ1) is 31.1. The van der Waals surface area contributed by atoms with Gasteiger partial charge in [0.05, 0.1) is 11.6 Å². The SMILES string of the molecule is CCCCCCCCCCCCCCCCN1C(=O)C(=O)/C(=C(/O)c2cccc(Br)c2)C1c1ccccc1F. The molecule has 212 valence electrons. The first-order valence-corrected chi connectivity index (χ1v) is 15.5. The van der Waals surface area contributed by atoms with Crippen molar-refractivity contribution in [2.24, 2.45) is 0 Å². The lowest BCUT2D eigenvalue weighted by Gasteiger charge is -2.25. The number of rotatable bonds is 17. The van der Waals surface area contributed by atoms with E-state index in [1.54, 1.807) is 42.5 Å². The second-order valence-corrected chi connectivity index (χ2v) is 11.5. The number of ketones is 1. The van der Waals surface area contributed by atoms with Crippen LogP contribution in [-0.4, -0.2) is 28.2 Å². The van der Waals surface area contributed by atoms with Gasteiger partial charge in [0.15, 0.2) is 0 Å². The normalized spacial score (nSPS) is 16.8. The number of aliphatic hydroxyl groups excluding tert-OH is 1. The third-order valence-electron chi connectivity index (χ3n) is 7.59. The number of Topliss-reactive ketones (excluding diaryl/α,β-unsaturated/α-hetero) is 1. The van der Waals surface area contributed by atoms with Crippen LogP contribution in [0.4, 0.5) is 4.39 Å². The Labute approximate surface area is 241 Å². The van der Waals surface area contributed by atoms with Gasteiger partial charge in [0.25, 0.3) is 11.7 Å². The monoisotopic (exact) mass is 599 g/mol. The van der Waals surface area contributed by atoms with E-state index in [-0.39, 0.29) is 16.9 Å². The van der Waals surface area contributed by atoms with Crippen molar-refractivity contribution in [2.45, 2.75) is 103 Å². The molecule has 6 heteroatoms. The van der Waals surface area contributed by atoms with Crippen LogP contribution in [0.2, 0.25) is 0 Å². The maximum Gasteiger partial charge on any atom is 0.295 e. The van der Waals surface area contributed by atoms with Crippen LogP contribution in [0.15, 0.2) is 58.6 Å². The molecule has 39 heavy (non-hydrogen) atoms.